The number of benzene rings is 1. The molecule has 7 heteroatoms. The monoisotopic (exact) mass is 311 g/mol. The van der Waals surface area contributed by atoms with Gasteiger partial charge in [-0.2, -0.15) is 0 Å². The Morgan fingerprint density at radius 1 is 1.38 bits per heavy atom. The maximum atomic E-state index is 13.3. The SMILES string of the molecule is Fc1cc(Cl)cc(-n2cc(COC3CCCCO3)nn2)c1. The molecule has 1 unspecified atom stereocenters. The van der Waals surface area contributed by atoms with Crippen LogP contribution in [0.15, 0.2) is 24.4 Å². The zero-order valence-electron chi connectivity index (χ0n) is 11.3. The van der Waals surface area contributed by atoms with Crippen LogP contribution in [-0.4, -0.2) is 27.9 Å². The van der Waals surface area contributed by atoms with Crippen LogP contribution in [0, 0.1) is 5.82 Å². The van der Waals surface area contributed by atoms with Crippen LogP contribution in [-0.2, 0) is 16.1 Å². The number of halogens is 2. The fourth-order valence-corrected chi connectivity index (χ4v) is 2.40. The lowest BCUT2D eigenvalue weighted by Gasteiger charge is -2.22. The molecule has 1 aromatic heterocycles. The van der Waals surface area contributed by atoms with Gasteiger partial charge in [0.25, 0.3) is 0 Å². The molecule has 0 N–H and O–H groups in total. The zero-order valence-corrected chi connectivity index (χ0v) is 12.1. The number of hydrogen-bond donors (Lipinski definition) is 0. The molecule has 1 aliphatic rings. The Morgan fingerprint density at radius 2 is 2.29 bits per heavy atom. The Morgan fingerprint density at radius 3 is 3.05 bits per heavy atom. The van der Waals surface area contributed by atoms with Crippen molar-refractivity contribution in [1.29, 1.82) is 0 Å². The fourth-order valence-electron chi connectivity index (χ4n) is 2.18. The Bertz CT molecular complexity index is 594. The smallest absolute Gasteiger partial charge is 0.158 e. The average Bonchev–Trinajstić information content (AvgIpc) is 2.94. The predicted molar refractivity (Wildman–Crippen MR) is 74.7 cm³/mol. The summed E-state index contributed by atoms with van der Waals surface area (Å²) in [6, 6.07) is 4.20. The van der Waals surface area contributed by atoms with Crippen LogP contribution in [0.3, 0.4) is 0 Å². The molecule has 2 heterocycles. The van der Waals surface area contributed by atoms with Gasteiger partial charge in [0, 0.05) is 11.6 Å². The Kier molecular flexibility index (Phi) is 4.48. The number of rotatable bonds is 4. The van der Waals surface area contributed by atoms with Crippen LogP contribution in [0.1, 0.15) is 25.0 Å². The van der Waals surface area contributed by atoms with E-state index in [-0.39, 0.29) is 6.29 Å². The molecule has 0 amide bonds. The van der Waals surface area contributed by atoms with E-state index in [1.54, 1.807) is 12.3 Å². The largest absolute Gasteiger partial charge is 0.353 e. The van der Waals surface area contributed by atoms with E-state index in [0.29, 0.717) is 23.0 Å². The molecule has 0 bridgehead atoms. The normalized spacial score (nSPS) is 18.9. The number of ether oxygens (including phenoxy) is 2. The van der Waals surface area contributed by atoms with Gasteiger partial charge in [-0.15, -0.1) is 5.10 Å². The van der Waals surface area contributed by atoms with Crippen LogP contribution in [0.25, 0.3) is 5.69 Å². The van der Waals surface area contributed by atoms with Gasteiger partial charge in [0.05, 0.1) is 18.5 Å². The highest BCUT2D eigenvalue weighted by molar-refractivity contribution is 6.30. The van der Waals surface area contributed by atoms with E-state index in [0.717, 1.165) is 25.9 Å². The fraction of sp³-hybridized carbons (Fsp3) is 0.429. The highest BCUT2D eigenvalue weighted by Gasteiger charge is 2.15. The summed E-state index contributed by atoms with van der Waals surface area (Å²) >= 11 is 5.83. The zero-order chi connectivity index (χ0) is 14.7. The molecule has 1 aliphatic heterocycles. The first-order chi connectivity index (χ1) is 10.2. The highest BCUT2D eigenvalue weighted by Crippen LogP contribution is 2.18. The third-order valence-electron chi connectivity index (χ3n) is 3.21. The molecule has 112 valence electrons. The predicted octanol–water partition coefficient (Wildman–Crippen LogP) is 3.10. The lowest BCUT2D eigenvalue weighted by molar-refractivity contribution is -0.169. The molecule has 1 fully saturated rings. The molecule has 2 aromatic rings. The summed E-state index contributed by atoms with van der Waals surface area (Å²) in [7, 11) is 0. The van der Waals surface area contributed by atoms with Crippen molar-refractivity contribution in [2.45, 2.75) is 32.2 Å². The molecule has 1 atom stereocenters. The summed E-state index contributed by atoms with van der Waals surface area (Å²) in [5.74, 6) is -0.415. The molecule has 5 nitrogen and oxygen atoms in total. The Balaban J connectivity index is 1.65. The molecule has 0 radical (unpaired) electrons. The summed E-state index contributed by atoms with van der Waals surface area (Å²) in [5, 5.41) is 8.27. The van der Waals surface area contributed by atoms with E-state index in [1.165, 1.54) is 16.8 Å². The minimum absolute atomic E-state index is 0.174. The van der Waals surface area contributed by atoms with Crippen molar-refractivity contribution >= 4 is 11.6 Å². The first-order valence-corrected chi connectivity index (χ1v) is 7.19. The second-order valence-electron chi connectivity index (χ2n) is 4.89. The van der Waals surface area contributed by atoms with Crippen molar-refractivity contribution in [3.8, 4) is 5.69 Å². The van der Waals surface area contributed by atoms with Gasteiger partial charge < -0.3 is 9.47 Å². The van der Waals surface area contributed by atoms with E-state index < -0.39 is 5.82 Å². The summed E-state index contributed by atoms with van der Waals surface area (Å²) in [5.41, 5.74) is 1.18. The van der Waals surface area contributed by atoms with E-state index in [4.69, 9.17) is 21.1 Å². The molecular weight excluding hydrogens is 297 g/mol. The third kappa shape index (κ3) is 3.78. The van der Waals surface area contributed by atoms with Crippen LogP contribution in [0.4, 0.5) is 4.39 Å². The average molecular weight is 312 g/mol. The van der Waals surface area contributed by atoms with Gasteiger partial charge in [-0.05, 0) is 37.5 Å². The number of nitrogens with zero attached hydrogens (tertiary/aromatic N) is 3. The number of hydrogen-bond acceptors (Lipinski definition) is 4. The minimum Gasteiger partial charge on any atom is -0.353 e. The minimum atomic E-state index is -0.415. The maximum absolute atomic E-state index is 13.3. The van der Waals surface area contributed by atoms with Crippen molar-refractivity contribution in [3.63, 3.8) is 0 Å². The van der Waals surface area contributed by atoms with Crippen LogP contribution >= 0.6 is 11.6 Å². The number of aromatic nitrogens is 3. The third-order valence-corrected chi connectivity index (χ3v) is 3.43. The summed E-state index contributed by atoms with van der Waals surface area (Å²) in [6.45, 7) is 1.05. The summed E-state index contributed by atoms with van der Waals surface area (Å²) < 4.78 is 25.9. The van der Waals surface area contributed by atoms with Crippen molar-refractivity contribution < 1.29 is 13.9 Å². The second kappa shape index (κ2) is 6.51. The van der Waals surface area contributed by atoms with Crippen molar-refractivity contribution in [3.05, 3.63) is 40.9 Å². The highest BCUT2D eigenvalue weighted by atomic mass is 35.5. The molecule has 1 aromatic carbocycles. The topological polar surface area (TPSA) is 49.2 Å². The van der Waals surface area contributed by atoms with Crippen LogP contribution in [0.2, 0.25) is 5.02 Å². The molecule has 1 saturated heterocycles. The van der Waals surface area contributed by atoms with Gasteiger partial charge >= 0.3 is 0 Å². The Labute approximate surface area is 126 Å². The van der Waals surface area contributed by atoms with Crippen LogP contribution < -0.4 is 0 Å². The first-order valence-electron chi connectivity index (χ1n) is 6.81. The van der Waals surface area contributed by atoms with Gasteiger partial charge in [-0.1, -0.05) is 16.8 Å². The standard InChI is InChI=1S/C14H15ClFN3O2/c15-10-5-11(16)7-13(6-10)19-8-12(17-18-19)9-21-14-3-1-2-4-20-14/h5-8,14H,1-4,9H2. The van der Waals surface area contributed by atoms with Gasteiger partial charge in [0.1, 0.15) is 11.5 Å². The van der Waals surface area contributed by atoms with Crippen molar-refractivity contribution in [1.82, 2.24) is 15.0 Å². The summed E-state index contributed by atoms with van der Waals surface area (Å²) in [4.78, 5) is 0. The molecule has 0 saturated carbocycles. The molecular formula is C14H15ClFN3O2. The van der Waals surface area contributed by atoms with E-state index in [9.17, 15) is 4.39 Å². The van der Waals surface area contributed by atoms with Crippen molar-refractivity contribution in [2.75, 3.05) is 6.61 Å². The van der Waals surface area contributed by atoms with Gasteiger partial charge in [0.2, 0.25) is 0 Å². The van der Waals surface area contributed by atoms with E-state index in [1.807, 2.05) is 0 Å². The molecule has 0 spiro atoms. The lowest BCUT2D eigenvalue weighted by atomic mass is 10.2. The van der Waals surface area contributed by atoms with Crippen molar-refractivity contribution in [2.24, 2.45) is 0 Å². The van der Waals surface area contributed by atoms with E-state index >= 15 is 0 Å². The first kappa shape index (κ1) is 14.4. The lowest BCUT2D eigenvalue weighted by Crippen LogP contribution is -2.22. The summed E-state index contributed by atoms with van der Waals surface area (Å²) in [6.07, 6.45) is 4.60. The van der Waals surface area contributed by atoms with Gasteiger partial charge in [0.15, 0.2) is 6.29 Å². The molecule has 21 heavy (non-hydrogen) atoms. The maximum Gasteiger partial charge on any atom is 0.158 e. The molecule has 0 aliphatic carbocycles. The van der Waals surface area contributed by atoms with Gasteiger partial charge in [-0.3, -0.25) is 0 Å². The second-order valence-corrected chi connectivity index (χ2v) is 5.33. The van der Waals surface area contributed by atoms with E-state index in [2.05, 4.69) is 10.3 Å². The quantitative estimate of drug-likeness (QED) is 0.870. The Hall–Kier alpha value is -1.50. The van der Waals surface area contributed by atoms with Gasteiger partial charge in [-0.25, -0.2) is 9.07 Å². The molecule has 3 rings (SSSR count). The van der Waals surface area contributed by atoms with Crippen LogP contribution in [0.5, 0.6) is 0 Å².